The number of aromatic amines is 1. The number of rotatable bonds is 5. The van der Waals surface area contributed by atoms with Crippen molar-refractivity contribution in [1.29, 1.82) is 0 Å². The van der Waals surface area contributed by atoms with Gasteiger partial charge in [-0.25, -0.2) is 13.8 Å². The molecule has 0 atom stereocenters. The lowest BCUT2D eigenvalue weighted by Crippen LogP contribution is -2.40. The van der Waals surface area contributed by atoms with Crippen molar-refractivity contribution >= 4 is 28.4 Å². The lowest BCUT2D eigenvalue weighted by atomic mass is 9.91. The van der Waals surface area contributed by atoms with Crippen LogP contribution in [0.25, 0.3) is 16.7 Å². The molecule has 0 radical (unpaired) electrons. The van der Waals surface area contributed by atoms with E-state index in [0.717, 1.165) is 31.5 Å². The van der Waals surface area contributed by atoms with Crippen LogP contribution in [-0.2, 0) is 0 Å². The van der Waals surface area contributed by atoms with E-state index in [1.807, 2.05) is 6.07 Å². The van der Waals surface area contributed by atoms with Crippen molar-refractivity contribution < 1.29 is 13.6 Å². The first-order chi connectivity index (χ1) is 15.1. The van der Waals surface area contributed by atoms with E-state index in [0.29, 0.717) is 22.2 Å². The van der Waals surface area contributed by atoms with Gasteiger partial charge in [-0.1, -0.05) is 6.07 Å². The predicted molar refractivity (Wildman–Crippen MR) is 111 cm³/mol. The van der Waals surface area contributed by atoms with Gasteiger partial charge in [0.25, 0.3) is 12.3 Å². The Balaban J connectivity index is 1.22. The Bertz CT molecular complexity index is 1230. The Morgan fingerprint density at radius 3 is 2.77 bits per heavy atom. The number of aromatic nitrogens is 5. The third-order valence-electron chi connectivity index (χ3n) is 5.74. The number of carbonyl (C=O) groups is 1. The lowest BCUT2D eigenvalue weighted by Gasteiger charge is -2.30. The molecule has 4 heterocycles. The molecule has 4 aromatic rings. The number of nitrogens with one attached hydrogen (secondary N) is 3. The molecule has 5 rings (SSSR count). The molecule has 3 N–H and O–H groups in total. The molecular formula is C21H21F2N7O. The van der Waals surface area contributed by atoms with Gasteiger partial charge < -0.3 is 10.6 Å². The predicted octanol–water partition coefficient (Wildman–Crippen LogP) is 3.70. The molecular weight excluding hydrogens is 404 g/mol. The minimum Gasteiger partial charge on any atom is -0.368 e. The van der Waals surface area contributed by atoms with E-state index in [9.17, 15) is 13.6 Å². The van der Waals surface area contributed by atoms with Gasteiger partial charge >= 0.3 is 0 Å². The van der Waals surface area contributed by atoms with E-state index in [1.54, 1.807) is 35.0 Å². The number of halogens is 2. The van der Waals surface area contributed by atoms with Crippen molar-refractivity contribution in [3.8, 4) is 0 Å². The average molecular weight is 425 g/mol. The normalized spacial score (nSPS) is 19.2. The van der Waals surface area contributed by atoms with Gasteiger partial charge in [0, 0.05) is 24.5 Å². The van der Waals surface area contributed by atoms with Crippen molar-refractivity contribution in [3.63, 3.8) is 0 Å². The van der Waals surface area contributed by atoms with E-state index in [4.69, 9.17) is 0 Å². The van der Waals surface area contributed by atoms with E-state index < -0.39 is 6.43 Å². The van der Waals surface area contributed by atoms with Crippen LogP contribution in [-0.4, -0.2) is 42.6 Å². The number of fused-ring (bicyclic) bond motifs is 2. The van der Waals surface area contributed by atoms with Gasteiger partial charge in [0.1, 0.15) is 22.7 Å². The van der Waals surface area contributed by atoms with Crippen LogP contribution in [0.2, 0.25) is 0 Å². The number of alkyl halides is 2. The molecule has 31 heavy (non-hydrogen) atoms. The number of H-pyrrole nitrogens is 1. The fourth-order valence-corrected chi connectivity index (χ4v) is 4.15. The number of imidazole rings is 1. The van der Waals surface area contributed by atoms with Gasteiger partial charge in [0.2, 0.25) is 0 Å². The van der Waals surface area contributed by atoms with E-state index in [2.05, 4.69) is 30.8 Å². The zero-order valence-electron chi connectivity index (χ0n) is 16.6. The zero-order chi connectivity index (χ0) is 21.4. The topological polar surface area (TPSA) is 100 Å². The molecule has 0 aromatic carbocycles. The third-order valence-corrected chi connectivity index (χ3v) is 5.74. The van der Waals surface area contributed by atoms with Gasteiger partial charge in [-0.2, -0.15) is 5.10 Å². The summed E-state index contributed by atoms with van der Waals surface area (Å²) in [6.07, 6.45) is 5.32. The van der Waals surface area contributed by atoms with E-state index in [-0.39, 0.29) is 23.7 Å². The fourth-order valence-electron chi connectivity index (χ4n) is 4.15. The molecule has 0 bridgehead atoms. The maximum atomic E-state index is 13.0. The van der Waals surface area contributed by atoms with Gasteiger partial charge in [0.05, 0.1) is 17.3 Å². The molecule has 1 saturated carbocycles. The van der Waals surface area contributed by atoms with Crippen LogP contribution in [0.3, 0.4) is 0 Å². The number of pyridine rings is 2. The summed E-state index contributed by atoms with van der Waals surface area (Å²) in [6.45, 7) is 0. The van der Waals surface area contributed by atoms with Gasteiger partial charge in [-0.05, 0) is 43.9 Å². The summed E-state index contributed by atoms with van der Waals surface area (Å²) in [6, 6.07) is 7.32. The molecule has 160 valence electrons. The Morgan fingerprint density at radius 1 is 1.16 bits per heavy atom. The third kappa shape index (κ3) is 3.80. The number of hydrogen-bond acceptors (Lipinski definition) is 5. The first kappa shape index (κ1) is 19.4. The molecule has 4 aromatic heterocycles. The van der Waals surface area contributed by atoms with Gasteiger partial charge in [-0.15, -0.1) is 0 Å². The maximum absolute atomic E-state index is 13.0. The fraction of sp³-hybridized carbons (Fsp3) is 0.333. The minimum absolute atomic E-state index is 0.0751. The summed E-state index contributed by atoms with van der Waals surface area (Å²) >= 11 is 0. The number of hydrogen-bond donors (Lipinski definition) is 3. The molecule has 1 aliphatic carbocycles. The Morgan fingerprint density at radius 2 is 1.97 bits per heavy atom. The van der Waals surface area contributed by atoms with Gasteiger partial charge in [0.15, 0.2) is 0 Å². The average Bonchev–Trinajstić information content (AvgIpc) is 3.42. The van der Waals surface area contributed by atoms with Crippen LogP contribution in [0.4, 0.5) is 14.6 Å². The summed E-state index contributed by atoms with van der Waals surface area (Å²) in [5.74, 6) is 0.596. The summed E-state index contributed by atoms with van der Waals surface area (Å²) in [4.78, 5) is 20.9. The van der Waals surface area contributed by atoms with Crippen LogP contribution in [0.15, 0.2) is 42.9 Å². The summed E-state index contributed by atoms with van der Waals surface area (Å²) in [5, 5.41) is 13.3. The molecule has 0 saturated heterocycles. The SMILES string of the molecule is O=C(N[C@H]1CC[C@@H](Nc2cccc3nc(C(F)F)cn23)CC1)c1ccnc2cn[nH]c12. The molecule has 10 heteroatoms. The van der Waals surface area contributed by atoms with Crippen LogP contribution in [0.5, 0.6) is 0 Å². The highest BCUT2D eigenvalue weighted by molar-refractivity contribution is 6.04. The highest BCUT2D eigenvalue weighted by Crippen LogP contribution is 2.25. The highest BCUT2D eigenvalue weighted by atomic mass is 19.3. The quantitative estimate of drug-likeness (QED) is 0.453. The van der Waals surface area contributed by atoms with Crippen molar-refractivity contribution in [2.24, 2.45) is 0 Å². The van der Waals surface area contributed by atoms with Crippen molar-refractivity contribution in [2.75, 3.05) is 5.32 Å². The van der Waals surface area contributed by atoms with Crippen LogP contribution in [0, 0.1) is 0 Å². The minimum atomic E-state index is -2.60. The molecule has 8 nitrogen and oxygen atoms in total. The largest absolute Gasteiger partial charge is 0.368 e. The standard InChI is InChI=1S/C21H21F2N7O/c22-20(23)16-11-30-17(2-1-3-18(30)28-16)26-12-4-6-13(7-5-12)27-21(31)14-8-9-24-15-10-25-29-19(14)15/h1-3,8-13,20,26H,4-7H2,(H,25,29)(H,27,31)/t12-,13+. The second-order valence-electron chi connectivity index (χ2n) is 7.76. The van der Waals surface area contributed by atoms with Crippen molar-refractivity contribution in [1.82, 2.24) is 29.9 Å². The Kier molecular flexibility index (Phi) is 4.97. The molecule has 0 aliphatic heterocycles. The monoisotopic (exact) mass is 425 g/mol. The van der Waals surface area contributed by atoms with Crippen LogP contribution < -0.4 is 10.6 Å². The highest BCUT2D eigenvalue weighted by Gasteiger charge is 2.24. The molecule has 0 unspecified atom stereocenters. The molecule has 1 aliphatic rings. The number of amides is 1. The number of carbonyl (C=O) groups excluding carboxylic acids is 1. The molecule has 1 amide bonds. The van der Waals surface area contributed by atoms with Crippen LogP contribution in [0.1, 0.15) is 48.2 Å². The number of anilines is 1. The van der Waals surface area contributed by atoms with Gasteiger partial charge in [-0.3, -0.25) is 19.3 Å². The Hall–Kier alpha value is -3.56. The number of nitrogens with zero attached hydrogens (tertiary/aromatic N) is 4. The second-order valence-corrected chi connectivity index (χ2v) is 7.76. The van der Waals surface area contributed by atoms with E-state index in [1.165, 1.54) is 6.20 Å². The summed E-state index contributed by atoms with van der Waals surface area (Å²) < 4.78 is 27.6. The van der Waals surface area contributed by atoms with E-state index >= 15 is 0 Å². The van der Waals surface area contributed by atoms with Crippen molar-refractivity contribution in [3.05, 3.63) is 54.1 Å². The molecule has 1 fully saturated rings. The first-order valence-corrected chi connectivity index (χ1v) is 10.2. The zero-order valence-corrected chi connectivity index (χ0v) is 16.6. The molecule has 0 spiro atoms. The Labute approximate surface area is 176 Å². The summed E-state index contributed by atoms with van der Waals surface area (Å²) in [5.41, 5.74) is 2.08. The van der Waals surface area contributed by atoms with Crippen LogP contribution >= 0.6 is 0 Å². The smallest absolute Gasteiger partial charge is 0.281 e. The lowest BCUT2D eigenvalue weighted by molar-refractivity contribution is 0.0928. The maximum Gasteiger partial charge on any atom is 0.281 e. The second kappa shape index (κ2) is 7.93. The first-order valence-electron chi connectivity index (χ1n) is 10.2. The summed E-state index contributed by atoms with van der Waals surface area (Å²) in [7, 11) is 0. The van der Waals surface area contributed by atoms with Crippen molar-refractivity contribution in [2.45, 2.75) is 44.2 Å².